The summed E-state index contributed by atoms with van der Waals surface area (Å²) in [6.07, 6.45) is 4.96. The van der Waals surface area contributed by atoms with Crippen molar-refractivity contribution in [3.05, 3.63) is 66.0 Å². The predicted molar refractivity (Wildman–Crippen MR) is 114 cm³/mol. The van der Waals surface area contributed by atoms with Gasteiger partial charge >= 0.3 is 13.2 Å². The maximum absolute atomic E-state index is 11.7. The number of amides is 1. The van der Waals surface area contributed by atoms with Gasteiger partial charge in [-0.15, -0.1) is 0 Å². The van der Waals surface area contributed by atoms with Gasteiger partial charge in [-0.25, -0.2) is 4.79 Å². The minimum absolute atomic E-state index is 0.248. The van der Waals surface area contributed by atoms with Gasteiger partial charge < -0.3 is 19.4 Å². The van der Waals surface area contributed by atoms with Crippen molar-refractivity contribution in [2.75, 3.05) is 6.54 Å². The van der Waals surface area contributed by atoms with Crippen LogP contribution in [0.25, 0.3) is 6.08 Å². The molecule has 0 atom stereocenters. The molecule has 1 amide bonds. The summed E-state index contributed by atoms with van der Waals surface area (Å²) < 4.78 is 17.2. The number of carbonyl (C=O) groups is 1. The second kappa shape index (κ2) is 8.80. The molecule has 2 heterocycles. The van der Waals surface area contributed by atoms with E-state index in [1.165, 1.54) is 0 Å². The molecule has 1 aliphatic rings. The van der Waals surface area contributed by atoms with Crippen molar-refractivity contribution >= 4 is 24.8 Å². The topological polar surface area (TPSA) is 69.7 Å². The lowest BCUT2D eigenvalue weighted by Gasteiger charge is -2.32. The molecule has 1 fully saturated rings. The van der Waals surface area contributed by atoms with Gasteiger partial charge in [-0.2, -0.15) is 0 Å². The SMILES string of the molecule is CC1(C)OB(c2ccc(C=CCNC(=O)OCc3ccccc3)nc2)OC1(C)C. The van der Waals surface area contributed by atoms with Gasteiger partial charge in [-0.1, -0.05) is 42.5 Å². The van der Waals surface area contributed by atoms with E-state index in [-0.39, 0.29) is 17.8 Å². The van der Waals surface area contributed by atoms with E-state index in [4.69, 9.17) is 14.0 Å². The van der Waals surface area contributed by atoms with Crippen molar-refractivity contribution in [3.63, 3.8) is 0 Å². The van der Waals surface area contributed by atoms with Gasteiger partial charge in [0, 0.05) is 18.2 Å². The van der Waals surface area contributed by atoms with E-state index in [2.05, 4.69) is 10.3 Å². The van der Waals surface area contributed by atoms with Crippen LogP contribution in [0.15, 0.2) is 54.7 Å². The van der Waals surface area contributed by atoms with Crippen LogP contribution in [0.1, 0.15) is 39.0 Å². The average molecular weight is 394 g/mol. The van der Waals surface area contributed by atoms with Crippen LogP contribution in [-0.4, -0.2) is 35.9 Å². The van der Waals surface area contributed by atoms with Crippen LogP contribution in [-0.2, 0) is 20.7 Å². The molecule has 0 unspecified atom stereocenters. The van der Waals surface area contributed by atoms with Crippen LogP contribution in [0.4, 0.5) is 4.79 Å². The largest absolute Gasteiger partial charge is 0.496 e. The van der Waals surface area contributed by atoms with Crippen molar-refractivity contribution in [2.45, 2.75) is 45.5 Å². The number of hydrogen-bond acceptors (Lipinski definition) is 5. The van der Waals surface area contributed by atoms with E-state index in [9.17, 15) is 4.79 Å². The van der Waals surface area contributed by atoms with Gasteiger partial charge in [-0.05, 0) is 45.4 Å². The maximum atomic E-state index is 11.7. The highest BCUT2D eigenvalue weighted by Crippen LogP contribution is 2.36. The lowest BCUT2D eigenvalue weighted by Crippen LogP contribution is -2.41. The quantitative estimate of drug-likeness (QED) is 0.762. The molecule has 6 nitrogen and oxygen atoms in total. The van der Waals surface area contributed by atoms with Crippen LogP contribution in [0.5, 0.6) is 0 Å². The number of carbonyl (C=O) groups excluding carboxylic acids is 1. The van der Waals surface area contributed by atoms with Crippen LogP contribution < -0.4 is 10.8 Å². The Bertz CT molecular complexity index is 835. The third kappa shape index (κ3) is 5.46. The molecule has 1 saturated heterocycles. The molecule has 0 bridgehead atoms. The van der Waals surface area contributed by atoms with Crippen molar-refractivity contribution < 1.29 is 18.8 Å². The number of rotatable bonds is 6. The number of alkyl carbamates (subject to hydrolysis) is 1. The fourth-order valence-corrected chi connectivity index (χ4v) is 2.73. The smallest absolute Gasteiger partial charge is 0.445 e. The molecule has 2 aromatic rings. The van der Waals surface area contributed by atoms with E-state index in [1.807, 2.05) is 82.3 Å². The van der Waals surface area contributed by atoms with Crippen LogP contribution >= 0.6 is 0 Å². The van der Waals surface area contributed by atoms with E-state index in [0.29, 0.717) is 6.54 Å². The zero-order valence-corrected chi connectivity index (χ0v) is 17.3. The third-order valence-electron chi connectivity index (χ3n) is 5.20. The number of nitrogens with zero attached hydrogens (tertiary/aromatic N) is 1. The van der Waals surface area contributed by atoms with Gasteiger partial charge in [0.2, 0.25) is 0 Å². The van der Waals surface area contributed by atoms with E-state index < -0.39 is 13.2 Å². The molecule has 1 aliphatic heterocycles. The van der Waals surface area contributed by atoms with E-state index >= 15 is 0 Å². The Morgan fingerprint density at radius 3 is 2.41 bits per heavy atom. The zero-order chi connectivity index (χ0) is 20.9. The summed E-state index contributed by atoms with van der Waals surface area (Å²) in [6, 6.07) is 13.4. The Balaban J connectivity index is 1.44. The summed E-state index contributed by atoms with van der Waals surface area (Å²) in [4.78, 5) is 16.1. The highest BCUT2D eigenvalue weighted by molar-refractivity contribution is 6.62. The molecule has 0 aliphatic carbocycles. The van der Waals surface area contributed by atoms with Crippen LogP contribution in [0.2, 0.25) is 0 Å². The van der Waals surface area contributed by atoms with Crippen molar-refractivity contribution in [2.24, 2.45) is 0 Å². The highest BCUT2D eigenvalue weighted by Gasteiger charge is 2.51. The number of benzene rings is 1. The van der Waals surface area contributed by atoms with Crippen molar-refractivity contribution in [1.82, 2.24) is 10.3 Å². The van der Waals surface area contributed by atoms with Gasteiger partial charge in [0.15, 0.2) is 0 Å². The second-order valence-electron chi connectivity index (χ2n) is 7.95. The number of ether oxygens (including phenoxy) is 1. The Morgan fingerprint density at radius 2 is 1.79 bits per heavy atom. The molecule has 0 radical (unpaired) electrons. The third-order valence-corrected chi connectivity index (χ3v) is 5.20. The molecule has 0 saturated carbocycles. The van der Waals surface area contributed by atoms with Crippen LogP contribution in [0.3, 0.4) is 0 Å². The molecule has 3 rings (SSSR count). The number of pyridine rings is 1. The molecular formula is C22H27BN2O4. The van der Waals surface area contributed by atoms with Gasteiger partial charge in [-0.3, -0.25) is 4.98 Å². The monoisotopic (exact) mass is 394 g/mol. The first-order valence-electron chi connectivity index (χ1n) is 9.69. The van der Waals surface area contributed by atoms with Crippen molar-refractivity contribution in [3.8, 4) is 0 Å². The average Bonchev–Trinajstić information content (AvgIpc) is 2.92. The predicted octanol–water partition coefficient (Wildman–Crippen LogP) is 3.32. The fraction of sp³-hybridized carbons (Fsp3) is 0.364. The summed E-state index contributed by atoms with van der Waals surface area (Å²) in [5.41, 5.74) is 1.85. The normalized spacial score (nSPS) is 17.4. The maximum Gasteiger partial charge on any atom is 0.496 e. The summed E-state index contributed by atoms with van der Waals surface area (Å²) in [6.45, 7) is 8.70. The standard InChI is InChI=1S/C22H27BN2O4/c1-21(2)22(3,4)29-23(28-21)18-12-13-19(25-15-18)11-8-14-24-20(26)27-16-17-9-6-5-7-10-17/h5-13,15H,14,16H2,1-4H3,(H,24,26). The molecule has 29 heavy (non-hydrogen) atoms. The first-order valence-corrected chi connectivity index (χ1v) is 9.69. The number of hydrogen-bond donors (Lipinski definition) is 1. The Hall–Kier alpha value is -2.64. The van der Waals surface area contributed by atoms with Crippen LogP contribution in [0, 0.1) is 0 Å². The zero-order valence-electron chi connectivity index (χ0n) is 17.3. The molecule has 0 spiro atoms. The Morgan fingerprint density at radius 1 is 1.10 bits per heavy atom. The van der Waals surface area contributed by atoms with E-state index in [0.717, 1.165) is 16.7 Å². The Labute approximate surface area is 172 Å². The molecule has 7 heteroatoms. The van der Waals surface area contributed by atoms with Crippen molar-refractivity contribution in [1.29, 1.82) is 0 Å². The van der Waals surface area contributed by atoms with Gasteiger partial charge in [0.1, 0.15) is 6.61 Å². The summed E-state index contributed by atoms with van der Waals surface area (Å²) in [5, 5.41) is 2.68. The lowest BCUT2D eigenvalue weighted by molar-refractivity contribution is 0.00578. The Kier molecular flexibility index (Phi) is 6.40. The first kappa shape index (κ1) is 21.1. The molecule has 152 valence electrons. The minimum Gasteiger partial charge on any atom is -0.445 e. The summed E-state index contributed by atoms with van der Waals surface area (Å²) >= 11 is 0. The molecule has 1 N–H and O–H groups in total. The van der Waals surface area contributed by atoms with Gasteiger partial charge in [0.05, 0.1) is 16.9 Å². The molecular weight excluding hydrogens is 367 g/mol. The number of nitrogens with one attached hydrogen (secondary N) is 1. The fourth-order valence-electron chi connectivity index (χ4n) is 2.73. The minimum atomic E-state index is -0.456. The summed E-state index contributed by atoms with van der Waals surface area (Å²) in [5.74, 6) is 0. The highest BCUT2D eigenvalue weighted by atomic mass is 16.7. The lowest BCUT2D eigenvalue weighted by atomic mass is 9.80. The summed E-state index contributed by atoms with van der Waals surface area (Å²) in [7, 11) is -0.424. The van der Waals surface area contributed by atoms with E-state index in [1.54, 1.807) is 6.20 Å². The van der Waals surface area contributed by atoms with Gasteiger partial charge in [0.25, 0.3) is 0 Å². The molecule has 1 aromatic heterocycles. The first-order chi connectivity index (χ1) is 13.8. The molecule has 1 aromatic carbocycles. The second-order valence-corrected chi connectivity index (χ2v) is 7.95. The number of aromatic nitrogens is 1.